The van der Waals surface area contributed by atoms with E-state index in [0.29, 0.717) is 6.61 Å². The summed E-state index contributed by atoms with van der Waals surface area (Å²) in [6.45, 7) is 5.01. The molecule has 2 rings (SSSR count). The van der Waals surface area contributed by atoms with Crippen molar-refractivity contribution in [3.05, 3.63) is 47.5 Å². The fourth-order valence-corrected chi connectivity index (χ4v) is 2.36. The molecule has 7 nitrogen and oxygen atoms in total. The number of nitrogens with one attached hydrogen (secondary N) is 2. The van der Waals surface area contributed by atoms with Crippen LogP contribution in [0.3, 0.4) is 0 Å². The Kier molecular flexibility index (Phi) is 10.1. The minimum absolute atomic E-state index is 0. The summed E-state index contributed by atoms with van der Waals surface area (Å²) in [7, 11) is 3.47. The normalized spacial score (nSPS) is 11.1. The molecule has 0 atom stereocenters. The largest absolute Gasteiger partial charge is 0.380 e. The molecule has 0 unspecified atom stereocenters. The maximum atomic E-state index is 5.12. The summed E-state index contributed by atoms with van der Waals surface area (Å²) in [6, 6.07) is 8.35. The molecule has 0 aliphatic carbocycles. The van der Waals surface area contributed by atoms with Crippen LogP contribution in [0, 0.1) is 0 Å². The molecule has 1 heterocycles. The van der Waals surface area contributed by atoms with E-state index in [2.05, 4.69) is 61.6 Å². The summed E-state index contributed by atoms with van der Waals surface area (Å²) in [5.74, 6) is 1.78. The zero-order chi connectivity index (χ0) is 17.2. The van der Waals surface area contributed by atoms with Crippen LogP contribution in [0.25, 0.3) is 0 Å². The molecule has 0 saturated heterocycles. The van der Waals surface area contributed by atoms with Crippen molar-refractivity contribution in [1.82, 2.24) is 25.4 Å². The van der Waals surface area contributed by atoms with Crippen LogP contribution < -0.4 is 10.6 Å². The number of benzene rings is 1. The Morgan fingerprint density at radius 2 is 1.92 bits per heavy atom. The molecule has 0 bridgehead atoms. The lowest BCUT2D eigenvalue weighted by Crippen LogP contribution is -2.38. The lowest BCUT2D eigenvalue weighted by molar-refractivity contribution is 0.185. The van der Waals surface area contributed by atoms with Crippen molar-refractivity contribution in [2.24, 2.45) is 4.99 Å². The summed E-state index contributed by atoms with van der Waals surface area (Å²) in [4.78, 5) is 4.25. The summed E-state index contributed by atoms with van der Waals surface area (Å²) < 4.78 is 7.17. The van der Waals surface area contributed by atoms with Crippen LogP contribution in [-0.4, -0.2) is 41.4 Å². The van der Waals surface area contributed by atoms with Crippen LogP contribution in [0.5, 0.6) is 0 Å². The number of halogens is 1. The molecule has 0 spiro atoms. The minimum Gasteiger partial charge on any atom is -0.380 e. The van der Waals surface area contributed by atoms with Crippen LogP contribution >= 0.6 is 24.0 Å². The third kappa shape index (κ3) is 6.99. The van der Waals surface area contributed by atoms with Crippen LogP contribution in [0.2, 0.25) is 0 Å². The van der Waals surface area contributed by atoms with Crippen LogP contribution in [0.1, 0.15) is 23.9 Å². The van der Waals surface area contributed by atoms with Gasteiger partial charge in [-0.3, -0.25) is 4.99 Å². The summed E-state index contributed by atoms with van der Waals surface area (Å²) in [5.41, 5.74) is 2.37. The quantitative estimate of drug-likeness (QED) is 0.360. The van der Waals surface area contributed by atoms with Gasteiger partial charge in [0, 0.05) is 40.2 Å². The predicted octanol–water partition coefficient (Wildman–Crippen LogP) is 1.97. The number of aliphatic imine (C=N–C) groups is 1. The van der Waals surface area contributed by atoms with Gasteiger partial charge in [-0.1, -0.05) is 31.2 Å². The lowest BCUT2D eigenvalue weighted by Gasteiger charge is -2.13. The average Bonchev–Trinajstić information content (AvgIpc) is 3.07. The molecule has 1 aromatic carbocycles. The molecule has 2 N–H and O–H groups in total. The van der Waals surface area contributed by atoms with Crippen molar-refractivity contribution in [3.63, 3.8) is 0 Å². The zero-order valence-electron chi connectivity index (χ0n) is 15.0. The molecule has 1 aromatic heterocycles. The standard InChI is InChI=1S/C17H26N6O.HI/c1-4-16-22-21-13-23(16)10-9-19-17(18-2)20-11-14-5-7-15(8-6-14)12-24-3;/h5-8,13H,4,9-12H2,1-3H3,(H2,18,19,20);1H. The van der Waals surface area contributed by atoms with Gasteiger partial charge in [-0.2, -0.15) is 0 Å². The second-order valence-corrected chi connectivity index (χ2v) is 5.40. The van der Waals surface area contributed by atoms with E-state index in [1.54, 1.807) is 20.5 Å². The average molecular weight is 458 g/mol. The summed E-state index contributed by atoms with van der Waals surface area (Å²) >= 11 is 0. The van der Waals surface area contributed by atoms with Gasteiger partial charge < -0.3 is 19.9 Å². The highest BCUT2D eigenvalue weighted by atomic mass is 127. The van der Waals surface area contributed by atoms with Gasteiger partial charge in [0.2, 0.25) is 0 Å². The van der Waals surface area contributed by atoms with Gasteiger partial charge in [-0.25, -0.2) is 0 Å². The number of hydrogen-bond acceptors (Lipinski definition) is 4. The van der Waals surface area contributed by atoms with E-state index < -0.39 is 0 Å². The van der Waals surface area contributed by atoms with E-state index in [4.69, 9.17) is 4.74 Å². The highest BCUT2D eigenvalue weighted by Crippen LogP contribution is 2.05. The third-order valence-electron chi connectivity index (χ3n) is 3.67. The highest BCUT2D eigenvalue weighted by molar-refractivity contribution is 14.0. The number of guanidine groups is 1. The van der Waals surface area contributed by atoms with Crippen molar-refractivity contribution < 1.29 is 4.74 Å². The molecule has 0 amide bonds. The molecule has 2 aromatic rings. The zero-order valence-corrected chi connectivity index (χ0v) is 17.4. The van der Waals surface area contributed by atoms with E-state index >= 15 is 0 Å². The topological polar surface area (TPSA) is 76.4 Å². The van der Waals surface area contributed by atoms with Crippen molar-refractivity contribution in [3.8, 4) is 0 Å². The van der Waals surface area contributed by atoms with E-state index in [1.807, 2.05) is 0 Å². The van der Waals surface area contributed by atoms with E-state index in [0.717, 1.165) is 37.8 Å². The second kappa shape index (κ2) is 11.8. The predicted molar refractivity (Wildman–Crippen MR) is 110 cm³/mol. The number of ether oxygens (including phenoxy) is 1. The van der Waals surface area contributed by atoms with Crippen molar-refractivity contribution >= 4 is 29.9 Å². The fourth-order valence-electron chi connectivity index (χ4n) is 2.36. The Hall–Kier alpha value is -1.68. The molecule has 0 aliphatic heterocycles. The maximum Gasteiger partial charge on any atom is 0.191 e. The number of aryl methyl sites for hydroxylation is 1. The highest BCUT2D eigenvalue weighted by Gasteiger charge is 2.02. The molecular weight excluding hydrogens is 431 g/mol. The number of aromatic nitrogens is 3. The smallest absolute Gasteiger partial charge is 0.191 e. The number of rotatable bonds is 8. The second-order valence-electron chi connectivity index (χ2n) is 5.40. The summed E-state index contributed by atoms with van der Waals surface area (Å²) in [6.07, 6.45) is 2.64. The molecule has 0 saturated carbocycles. The van der Waals surface area contributed by atoms with Gasteiger partial charge in [0.15, 0.2) is 5.96 Å². The van der Waals surface area contributed by atoms with Crippen LogP contribution in [0.4, 0.5) is 0 Å². The maximum absolute atomic E-state index is 5.12. The first kappa shape index (κ1) is 21.4. The Morgan fingerprint density at radius 3 is 2.56 bits per heavy atom. The molecule has 0 fully saturated rings. The third-order valence-corrected chi connectivity index (χ3v) is 3.67. The SMILES string of the molecule is CCc1nncn1CCNC(=NC)NCc1ccc(COC)cc1.I. The van der Waals surface area contributed by atoms with Gasteiger partial charge in [-0.15, -0.1) is 34.2 Å². The van der Waals surface area contributed by atoms with Gasteiger partial charge in [0.05, 0.1) is 6.61 Å². The van der Waals surface area contributed by atoms with Gasteiger partial charge in [0.25, 0.3) is 0 Å². The van der Waals surface area contributed by atoms with Gasteiger partial charge >= 0.3 is 0 Å². The molecular formula is C17H27IN6O. The Bertz CT molecular complexity index is 641. The van der Waals surface area contributed by atoms with Crippen LogP contribution in [-0.2, 0) is 30.9 Å². The minimum atomic E-state index is 0. The van der Waals surface area contributed by atoms with E-state index in [9.17, 15) is 0 Å². The Balaban J connectivity index is 0.00000312. The molecule has 0 aliphatic rings. The number of hydrogen-bond donors (Lipinski definition) is 2. The molecule has 8 heteroatoms. The lowest BCUT2D eigenvalue weighted by atomic mass is 10.1. The van der Waals surface area contributed by atoms with Crippen LogP contribution in [0.15, 0.2) is 35.6 Å². The first-order valence-electron chi connectivity index (χ1n) is 8.14. The van der Waals surface area contributed by atoms with E-state index in [1.165, 1.54) is 11.1 Å². The fraction of sp³-hybridized carbons (Fsp3) is 0.471. The number of nitrogens with zero attached hydrogens (tertiary/aromatic N) is 4. The monoisotopic (exact) mass is 458 g/mol. The van der Waals surface area contributed by atoms with Crippen molar-refractivity contribution in [2.75, 3.05) is 20.7 Å². The molecule has 0 radical (unpaired) electrons. The Morgan fingerprint density at radius 1 is 1.20 bits per heavy atom. The Labute approximate surface area is 166 Å². The first-order chi connectivity index (χ1) is 11.8. The first-order valence-corrected chi connectivity index (χ1v) is 8.14. The van der Waals surface area contributed by atoms with E-state index in [-0.39, 0.29) is 24.0 Å². The summed E-state index contributed by atoms with van der Waals surface area (Å²) in [5, 5.41) is 14.6. The number of methoxy groups -OCH3 is 1. The molecule has 138 valence electrons. The van der Waals surface area contributed by atoms with Gasteiger partial charge in [0.1, 0.15) is 12.2 Å². The van der Waals surface area contributed by atoms with Crippen molar-refractivity contribution in [1.29, 1.82) is 0 Å². The van der Waals surface area contributed by atoms with Gasteiger partial charge in [-0.05, 0) is 11.1 Å². The molecule has 25 heavy (non-hydrogen) atoms. The van der Waals surface area contributed by atoms with Crippen molar-refractivity contribution in [2.45, 2.75) is 33.0 Å².